The number of anilines is 2. The quantitative estimate of drug-likeness (QED) is 0.476. The molecule has 0 aliphatic carbocycles. The van der Waals surface area contributed by atoms with Gasteiger partial charge in [-0.05, 0) is 54.1 Å². The molecule has 5 rings (SSSR count). The van der Waals surface area contributed by atoms with Crippen molar-refractivity contribution in [3.8, 4) is 17.0 Å². The molecule has 9 heteroatoms. The number of rotatable bonds is 4. The fourth-order valence-corrected chi connectivity index (χ4v) is 3.69. The van der Waals surface area contributed by atoms with Crippen molar-refractivity contribution in [3.63, 3.8) is 0 Å². The lowest BCUT2D eigenvalue weighted by molar-refractivity contribution is 0.340. The second-order valence-corrected chi connectivity index (χ2v) is 7.03. The van der Waals surface area contributed by atoms with E-state index in [2.05, 4.69) is 31.0 Å². The monoisotopic (exact) mass is 401 g/mol. The molecule has 0 unspecified atom stereocenters. The zero-order valence-corrected chi connectivity index (χ0v) is 16.5. The molecular formula is C21H19N7O2. The summed E-state index contributed by atoms with van der Waals surface area (Å²) in [5, 5.41) is 22.0. The first-order valence-corrected chi connectivity index (χ1v) is 9.63. The zero-order valence-electron chi connectivity index (χ0n) is 16.5. The smallest absolute Gasteiger partial charge is 0.288 e. The first-order valence-electron chi connectivity index (χ1n) is 9.63. The van der Waals surface area contributed by atoms with Crippen LogP contribution in [0.1, 0.15) is 29.7 Å². The maximum atomic E-state index is 12.7. The van der Waals surface area contributed by atoms with Crippen LogP contribution in [0.5, 0.6) is 5.75 Å². The molecule has 30 heavy (non-hydrogen) atoms. The minimum atomic E-state index is -0.400. The van der Waals surface area contributed by atoms with Gasteiger partial charge in [0.25, 0.3) is 5.56 Å². The Morgan fingerprint density at radius 2 is 1.87 bits per heavy atom. The largest absolute Gasteiger partial charge is 0.494 e. The molecule has 4 aromatic rings. The lowest BCUT2D eigenvalue weighted by atomic mass is 9.92. The summed E-state index contributed by atoms with van der Waals surface area (Å²) >= 11 is 0. The van der Waals surface area contributed by atoms with Gasteiger partial charge in [-0.1, -0.05) is 34.9 Å². The van der Waals surface area contributed by atoms with Crippen molar-refractivity contribution < 1.29 is 4.74 Å². The highest BCUT2D eigenvalue weighted by Gasteiger charge is 2.34. The Balaban J connectivity index is 1.73. The lowest BCUT2D eigenvalue weighted by Crippen LogP contribution is -2.29. The van der Waals surface area contributed by atoms with Crippen molar-refractivity contribution >= 4 is 11.6 Å². The summed E-state index contributed by atoms with van der Waals surface area (Å²) in [5.41, 5.74) is 4.37. The van der Waals surface area contributed by atoms with E-state index in [9.17, 15) is 4.79 Å². The molecule has 2 aromatic heterocycles. The predicted octanol–water partition coefficient (Wildman–Crippen LogP) is 2.83. The van der Waals surface area contributed by atoms with Crippen molar-refractivity contribution in [1.29, 1.82) is 0 Å². The number of nitrogens with one attached hydrogen (secondary N) is 2. The summed E-state index contributed by atoms with van der Waals surface area (Å²) < 4.78 is 7.22. The van der Waals surface area contributed by atoms with Gasteiger partial charge >= 0.3 is 0 Å². The van der Waals surface area contributed by atoms with Crippen LogP contribution >= 0.6 is 0 Å². The first-order chi connectivity index (χ1) is 14.7. The average Bonchev–Trinajstić information content (AvgIpc) is 3.23. The minimum absolute atomic E-state index is 0.328. The number of hydrogen-bond donors (Lipinski definition) is 2. The number of tetrazole rings is 1. The number of ether oxygens (including phenoxy) is 1. The third kappa shape index (κ3) is 2.91. The predicted molar refractivity (Wildman–Crippen MR) is 111 cm³/mol. The molecule has 150 valence electrons. The number of hydrogen-bond acceptors (Lipinski definition) is 7. The van der Waals surface area contributed by atoms with Gasteiger partial charge in [-0.2, -0.15) is 9.78 Å². The zero-order chi connectivity index (χ0) is 20.7. The van der Waals surface area contributed by atoms with E-state index in [0.29, 0.717) is 29.5 Å². The van der Waals surface area contributed by atoms with Crippen LogP contribution in [0.4, 0.5) is 11.6 Å². The summed E-state index contributed by atoms with van der Waals surface area (Å²) in [6.45, 7) is 4.56. The van der Waals surface area contributed by atoms with Gasteiger partial charge in [-0.15, -0.1) is 0 Å². The van der Waals surface area contributed by atoms with Crippen LogP contribution < -0.4 is 15.6 Å². The molecule has 0 spiro atoms. The van der Waals surface area contributed by atoms with Crippen LogP contribution in [0.2, 0.25) is 0 Å². The van der Waals surface area contributed by atoms with Gasteiger partial charge < -0.3 is 10.1 Å². The second-order valence-electron chi connectivity index (χ2n) is 7.03. The molecule has 1 aliphatic rings. The van der Waals surface area contributed by atoms with Crippen molar-refractivity contribution in [2.24, 2.45) is 0 Å². The van der Waals surface area contributed by atoms with Crippen LogP contribution in [-0.2, 0) is 0 Å². The standard InChI is InChI=1S/C21H19N7O2/c1-3-30-15-10-8-13(9-11-15)17-16-18(20(29)24-23-17)22-21-25-26-27-28(21)19(16)14-6-4-12(2)5-7-14/h4-11,19H,3H2,1-2H3,(H,24,29)(H,22,25,27)/t19-/m1/s1. The van der Waals surface area contributed by atoms with Crippen LogP contribution in [0.25, 0.3) is 11.3 Å². The van der Waals surface area contributed by atoms with E-state index in [-0.39, 0.29) is 5.56 Å². The molecule has 2 N–H and O–H groups in total. The Morgan fingerprint density at radius 1 is 1.10 bits per heavy atom. The molecule has 0 radical (unpaired) electrons. The molecule has 0 amide bonds. The van der Waals surface area contributed by atoms with Crippen LogP contribution in [0, 0.1) is 6.92 Å². The number of H-pyrrole nitrogens is 1. The van der Waals surface area contributed by atoms with E-state index in [1.807, 2.05) is 62.4 Å². The Bertz CT molecular complexity index is 1260. The number of fused-ring (bicyclic) bond motifs is 2. The van der Waals surface area contributed by atoms with E-state index < -0.39 is 6.04 Å². The van der Waals surface area contributed by atoms with E-state index in [0.717, 1.165) is 22.4 Å². The minimum Gasteiger partial charge on any atom is -0.494 e. The van der Waals surface area contributed by atoms with Crippen LogP contribution in [0.3, 0.4) is 0 Å². The van der Waals surface area contributed by atoms with E-state index in [1.165, 1.54) is 0 Å². The maximum absolute atomic E-state index is 12.7. The molecule has 9 nitrogen and oxygen atoms in total. The summed E-state index contributed by atoms with van der Waals surface area (Å²) in [5.74, 6) is 1.18. The van der Waals surface area contributed by atoms with Gasteiger partial charge in [0.05, 0.1) is 12.3 Å². The first kappa shape index (κ1) is 18.0. The second kappa shape index (κ2) is 7.11. The number of aromatic nitrogens is 6. The Hall–Kier alpha value is -4.01. The average molecular weight is 401 g/mol. The molecule has 2 aromatic carbocycles. The summed E-state index contributed by atoms with van der Waals surface area (Å²) in [6, 6.07) is 15.3. The van der Waals surface area contributed by atoms with Crippen molar-refractivity contribution in [2.45, 2.75) is 19.9 Å². The molecule has 1 atom stereocenters. The van der Waals surface area contributed by atoms with Crippen LogP contribution in [0.15, 0.2) is 53.3 Å². The molecule has 1 aliphatic heterocycles. The van der Waals surface area contributed by atoms with Gasteiger partial charge in [0, 0.05) is 11.1 Å². The van der Waals surface area contributed by atoms with Gasteiger partial charge in [-0.3, -0.25) is 4.79 Å². The highest BCUT2D eigenvalue weighted by molar-refractivity contribution is 5.75. The Kier molecular flexibility index (Phi) is 4.27. The van der Waals surface area contributed by atoms with Crippen molar-refractivity contribution in [2.75, 3.05) is 11.9 Å². The molecule has 0 bridgehead atoms. The van der Waals surface area contributed by atoms with Gasteiger partial charge in [0.15, 0.2) is 0 Å². The molecule has 0 saturated heterocycles. The maximum Gasteiger partial charge on any atom is 0.288 e. The Labute approximate surface area is 171 Å². The summed E-state index contributed by atoms with van der Waals surface area (Å²) in [4.78, 5) is 12.7. The number of benzene rings is 2. The van der Waals surface area contributed by atoms with E-state index >= 15 is 0 Å². The van der Waals surface area contributed by atoms with Gasteiger partial charge in [0.1, 0.15) is 17.5 Å². The lowest BCUT2D eigenvalue weighted by Gasteiger charge is -2.27. The topological polar surface area (TPSA) is 111 Å². The molecule has 3 heterocycles. The summed E-state index contributed by atoms with van der Waals surface area (Å²) in [7, 11) is 0. The normalized spacial score (nSPS) is 14.5. The molecular weight excluding hydrogens is 382 g/mol. The molecule has 0 fully saturated rings. The number of nitrogens with zero attached hydrogens (tertiary/aromatic N) is 5. The number of aromatic amines is 1. The van der Waals surface area contributed by atoms with Gasteiger partial charge in [-0.25, -0.2) is 5.10 Å². The summed E-state index contributed by atoms with van der Waals surface area (Å²) in [6.07, 6.45) is 0. The van der Waals surface area contributed by atoms with Gasteiger partial charge in [0.2, 0.25) is 5.95 Å². The van der Waals surface area contributed by atoms with Crippen molar-refractivity contribution in [3.05, 3.63) is 75.6 Å². The Morgan fingerprint density at radius 3 is 2.60 bits per heavy atom. The fraction of sp³-hybridized carbons (Fsp3) is 0.190. The SMILES string of the molecule is CCOc1ccc(-c2n[nH]c(=O)c3c2[C@@H](c2ccc(C)cc2)n2nnnc2N3)cc1. The third-order valence-corrected chi connectivity index (χ3v) is 5.10. The van der Waals surface area contributed by atoms with Crippen LogP contribution in [-0.4, -0.2) is 37.0 Å². The van der Waals surface area contributed by atoms with E-state index in [4.69, 9.17) is 4.74 Å². The molecule has 0 saturated carbocycles. The fourth-order valence-electron chi connectivity index (χ4n) is 3.69. The highest BCUT2D eigenvalue weighted by Crippen LogP contribution is 2.41. The number of aryl methyl sites for hydroxylation is 1. The highest BCUT2D eigenvalue weighted by atomic mass is 16.5. The van der Waals surface area contributed by atoms with E-state index in [1.54, 1.807) is 4.68 Å². The third-order valence-electron chi connectivity index (χ3n) is 5.10. The van der Waals surface area contributed by atoms with Crippen molar-refractivity contribution in [1.82, 2.24) is 30.4 Å².